The number of nitro benzene ring substituents is 1. The van der Waals surface area contributed by atoms with Gasteiger partial charge in [0.1, 0.15) is 0 Å². The SMILES string of the molecule is CC(=O)c1ccc(SCc2ccccc2)c([N+](=O)[O-])c1. The first kappa shape index (κ1) is 14.3. The van der Waals surface area contributed by atoms with Gasteiger partial charge in [-0.2, -0.15) is 0 Å². The fourth-order valence-electron chi connectivity index (χ4n) is 1.74. The Hall–Kier alpha value is -2.14. The van der Waals surface area contributed by atoms with Crippen LogP contribution < -0.4 is 0 Å². The van der Waals surface area contributed by atoms with Gasteiger partial charge in [0.2, 0.25) is 0 Å². The Balaban J connectivity index is 2.23. The lowest BCUT2D eigenvalue weighted by atomic mass is 10.1. The number of nitrogens with zero attached hydrogens (tertiary/aromatic N) is 1. The average molecular weight is 287 g/mol. The molecule has 4 nitrogen and oxygen atoms in total. The van der Waals surface area contributed by atoms with Gasteiger partial charge in [0.25, 0.3) is 5.69 Å². The quantitative estimate of drug-likeness (QED) is 0.359. The third-order valence-electron chi connectivity index (χ3n) is 2.80. The van der Waals surface area contributed by atoms with E-state index in [-0.39, 0.29) is 11.5 Å². The van der Waals surface area contributed by atoms with E-state index in [1.807, 2.05) is 30.3 Å². The molecule has 0 saturated heterocycles. The van der Waals surface area contributed by atoms with Gasteiger partial charge in [0, 0.05) is 17.4 Å². The molecule has 0 aliphatic carbocycles. The third-order valence-corrected chi connectivity index (χ3v) is 3.93. The number of hydrogen-bond acceptors (Lipinski definition) is 4. The number of rotatable bonds is 5. The van der Waals surface area contributed by atoms with Crippen molar-refractivity contribution in [1.29, 1.82) is 0 Å². The number of nitro groups is 1. The second kappa shape index (κ2) is 6.34. The van der Waals surface area contributed by atoms with Gasteiger partial charge in [-0.3, -0.25) is 14.9 Å². The number of benzene rings is 2. The predicted molar refractivity (Wildman–Crippen MR) is 79.1 cm³/mol. The van der Waals surface area contributed by atoms with Crippen molar-refractivity contribution < 1.29 is 9.72 Å². The van der Waals surface area contributed by atoms with Crippen LogP contribution in [0.3, 0.4) is 0 Å². The lowest BCUT2D eigenvalue weighted by Crippen LogP contribution is -1.97. The van der Waals surface area contributed by atoms with Crippen LogP contribution in [0.15, 0.2) is 53.4 Å². The largest absolute Gasteiger partial charge is 0.295 e. The maximum absolute atomic E-state index is 11.3. The topological polar surface area (TPSA) is 60.2 Å². The summed E-state index contributed by atoms with van der Waals surface area (Å²) in [5.74, 6) is 0.480. The van der Waals surface area contributed by atoms with E-state index < -0.39 is 4.92 Å². The molecule has 0 bridgehead atoms. The van der Waals surface area contributed by atoms with Gasteiger partial charge in [0.15, 0.2) is 5.78 Å². The molecule has 0 aromatic heterocycles. The summed E-state index contributed by atoms with van der Waals surface area (Å²) in [6.45, 7) is 1.40. The summed E-state index contributed by atoms with van der Waals surface area (Å²) in [5, 5.41) is 11.1. The van der Waals surface area contributed by atoms with Gasteiger partial charge in [0.05, 0.1) is 9.82 Å². The van der Waals surface area contributed by atoms with E-state index in [4.69, 9.17) is 0 Å². The monoisotopic (exact) mass is 287 g/mol. The molecule has 0 fully saturated rings. The van der Waals surface area contributed by atoms with E-state index in [0.29, 0.717) is 16.2 Å². The van der Waals surface area contributed by atoms with Crippen LogP contribution in [-0.2, 0) is 5.75 Å². The molecule has 102 valence electrons. The molecule has 0 unspecified atom stereocenters. The molecule has 2 aromatic carbocycles. The Morgan fingerprint density at radius 1 is 1.20 bits per heavy atom. The first-order valence-corrected chi connectivity index (χ1v) is 7.02. The van der Waals surface area contributed by atoms with Crippen LogP contribution >= 0.6 is 11.8 Å². The van der Waals surface area contributed by atoms with Crippen LogP contribution in [0, 0.1) is 10.1 Å². The van der Waals surface area contributed by atoms with E-state index in [1.54, 1.807) is 12.1 Å². The number of hydrogen-bond donors (Lipinski definition) is 0. The Morgan fingerprint density at radius 2 is 1.90 bits per heavy atom. The first-order chi connectivity index (χ1) is 9.58. The van der Waals surface area contributed by atoms with E-state index >= 15 is 0 Å². The van der Waals surface area contributed by atoms with Crippen molar-refractivity contribution in [2.75, 3.05) is 0 Å². The second-order valence-corrected chi connectivity index (χ2v) is 5.29. The summed E-state index contributed by atoms with van der Waals surface area (Å²) in [4.78, 5) is 22.5. The fraction of sp³-hybridized carbons (Fsp3) is 0.133. The average Bonchev–Trinajstić information content (AvgIpc) is 2.45. The molecule has 2 aromatic rings. The van der Waals surface area contributed by atoms with Gasteiger partial charge < -0.3 is 0 Å². The number of ketones is 1. The number of thioether (sulfide) groups is 1. The van der Waals surface area contributed by atoms with Crippen LogP contribution in [0.1, 0.15) is 22.8 Å². The highest BCUT2D eigenvalue weighted by molar-refractivity contribution is 7.98. The Kier molecular flexibility index (Phi) is 4.53. The molecule has 0 saturated carbocycles. The lowest BCUT2D eigenvalue weighted by Gasteiger charge is -2.04. The van der Waals surface area contributed by atoms with Crippen LogP contribution in [0.4, 0.5) is 5.69 Å². The lowest BCUT2D eigenvalue weighted by molar-refractivity contribution is -0.387. The maximum Gasteiger partial charge on any atom is 0.283 e. The van der Waals surface area contributed by atoms with Crippen molar-refractivity contribution in [2.45, 2.75) is 17.6 Å². The summed E-state index contributed by atoms with van der Waals surface area (Å²) in [6.07, 6.45) is 0. The fourth-order valence-corrected chi connectivity index (χ4v) is 2.70. The number of Topliss-reactive ketones (excluding diaryl/α,β-unsaturated/α-hetero) is 1. The third kappa shape index (κ3) is 3.45. The summed E-state index contributed by atoms with van der Waals surface area (Å²) in [6, 6.07) is 14.4. The highest BCUT2D eigenvalue weighted by atomic mass is 32.2. The minimum atomic E-state index is -0.445. The molecule has 0 aliphatic rings. The van der Waals surface area contributed by atoms with Crippen molar-refractivity contribution in [3.05, 3.63) is 69.8 Å². The van der Waals surface area contributed by atoms with E-state index in [2.05, 4.69) is 0 Å². The molecule has 0 N–H and O–H groups in total. The Morgan fingerprint density at radius 3 is 2.50 bits per heavy atom. The van der Waals surface area contributed by atoms with Crippen molar-refractivity contribution >= 4 is 23.2 Å². The molecule has 0 atom stereocenters. The van der Waals surface area contributed by atoms with E-state index in [0.717, 1.165) is 5.56 Å². The van der Waals surface area contributed by atoms with Gasteiger partial charge in [-0.05, 0) is 24.6 Å². The summed E-state index contributed by atoms with van der Waals surface area (Å²) >= 11 is 1.40. The summed E-state index contributed by atoms with van der Waals surface area (Å²) in [5.41, 5.74) is 1.45. The van der Waals surface area contributed by atoms with E-state index in [9.17, 15) is 14.9 Å². The van der Waals surface area contributed by atoms with Gasteiger partial charge in [-0.1, -0.05) is 30.3 Å². The van der Waals surface area contributed by atoms with Gasteiger partial charge in [-0.25, -0.2) is 0 Å². The molecule has 0 heterocycles. The molecule has 0 spiro atoms. The van der Waals surface area contributed by atoms with Crippen LogP contribution in [0.5, 0.6) is 0 Å². The molecule has 20 heavy (non-hydrogen) atoms. The van der Waals surface area contributed by atoms with Crippen LogP contribution in [0.2, 0.25) is 0 Å². The van der Waals surface area contributed by atoms with Crippen molar-refractivity contribution in [3.63, 3.8) is 0 Å². The van der Waals surface area contributed by atoms with Gasteiger partial charge >= 0.3 is 0 Å². The van der Waals surface area contributed by atoms with Crippen molar-refractivity contribution in [3.8, 4) is 0 Å². The smallest absolute Gasteiger partial charge is 0.283 e. The second-order valence-electron chi connectivity index (χ2n) is 4.27. The maximum atomic E-state index is 11.3. The van der Waals surface area contributed by atoms with Crippen LogP contribution in [0.25, 0.3) is 0 Å². The highest BCUT2D eigenvalue weighted by Gasteiger charge is 2.16. The molecule has 0 amide bonds. The minimum absolute atomic E-state index is 0.0152. The predicted octanol–water partition coefficient (Wildman–Crippen LogP) is 4.09. The molecule has 2 rings (SSSR count). The Labute approximate surface area is 121 Å². The molecule has 5 heteroatoms. The number of carbonyl (C=O) groups is 1. The molecular formula is C15H13NO3S. The summed E-state index contributed by atoms with van der Waals surface area (Å²) in [7, 11) is 0. The minimum Gasteiger partial charge on any atom is -0.295 e. The van der Waals surface area contributed by atoms with E-state index in [1.165, 1.54) is 24.8 Å². The molecule has 0 radical (unpaired) electrons. The molecular weight excluding hydrogens is 274 g/mol. The van der Waals surface area contributed by atoms with Crippen LogP contribution in [-0.4, -0.2) is 10.7 Å². The van der Waals surface area contributed by atoms with Gasteiger partial charge in [-0.15, -0.1) is 11.8 Å². The summed E-state index contributed by atoms with van der Waals surface area (Å²) < 4.78 is 0. The zero-order valence-corrected chi connectivity index (χ0v) is 11.7. The van der Waals surface area contributed by atoms with Crippen molar-refractivity contribution in [2.24, 2.45) is 0 Å². The highest BCUT2D eigenvalue weighted by Crippen LogP contribution is 2.32. The normalized spacial score (nSPS) is 10.2. The molecule has 0 aliphatic heterocycles. The zero-order valence-electron chi connectivity index (χ0n) is 10.9. The standard InChI is InChI=1S/C15H13NO3S/c1-11(17)13-7-8-15(14(9-13)16(18)19)20-10-12-5-3-2-4-6-12/h2-9H,10H2,1H3. The number of carbonyl (C=O) groups excluding carboxylic acids is 1. The zero-order chi connectivity index (χ0) is 14.5. The Bertz CT molecular complexity index is 641. The van der Waals surface area contributed by atoms with Crippen molar-refractivity contribution in [1.82, 2.24) is 0 Å². The first-order valence-electron chi connectivity index (χ1n) is 6.04.